The summed E-state index contributed by atoms with van der Waals surface area (Å²) in [6, 6.07) is -0.265. The zero-order valence-corrected chi connectivity index (χ0v) is 11.1. The molecule has 0 aromatic rings. The fraction of sp³-hybridized carbons (Fsp3) is 0.769. The maximum Gasteiger partial charge on any atom is 0.396 e. The molecule has 0 aromatic carbocycles. The summed E-state index contributed by atoms with van der Waals surface area (Å²) in [5.74, 6) is 0. The molecule has 1 saturated heterocycles. The monoisotopic (exact) mass is 289 g/mol. The predicted molar refractivity (Wildman–Crippen MR) is 67.1 cm³/mol. The number of urea groups is 1. The topological polar surface area (TPSA) is 44.4 Å². The van der Waals surface area contributed by atoms with Crippen LogP contribution in [0.3, 0.4) is 0 Å². The van der Waals surface area contributed by atoms with Crippen molar-refractivity contribution < 1.29 is 18.0 Å². The van der Waals surface area contributed by atoms with Crippen molar-refractivity contribution in [3.8, 4) is 0 Å². The number of halogens is 3. The molecule has 1 saturated carbocycles. The highest BCUT2D eigenvalue weighted by molar-refractivity contribution is 5.74. The number of fused-ring (bicyclic) bond motifs is 1. The summed E-state index contributed by atoms with van der Waals surface area (Å²) < 4.78 is 39.4. The number of rotatable bonds is 2. The van der Waals surface area contributed by atoms with Gasteiger partial charge in [-0.15, -0.1) is 0 Å². The maximum absolute atomic E-state index is 13.1. The maximum atomic E-state index is 13.1. The molecule has 2 N–H and O–H groups in total. The van der Waals surface area contributed by atoms with Crippen LogP contribution in [0.15, 0.2) is 12.2 Å². The van der Waals surface area contributed by atoms with Gasteiger partial charge in [0.25, 0.3) is 0 Å². The van der Waals surface area contributed by atoms with Crippen LogP contribution in [0.5, 0.6) is 0 Å². The van der Waals surface area contributed by atoms with Crippen LogP contribution in [0.2, 0.25) is 0 Å². The first-order chi connectivity index (χ1) is 9.40. The molecule has 0 bridgehead atoms. The zero-order chi connectivity index (χ0) is 14.4. The number of nitrogens with zero attached hydrogens (tertiary/aromatic N) is 1. The first-order valence-corrected chi connectivity index (χ1v) is 6.86. The van der Waals surface area contributed by atoms with E-state index in [2.05, 4.69) is 10.6 Å². The van der Waals surface area contributed by atoms with E-state index in [-0.39, 0.29) is 25.5 Å². The van der Waals surface area contributed by atoms with Gasteiger partial charge in [0.05, 0.1) is 5.41 Å². The number of hydrogen-bond acceptors (Lipinski definition) is 2. The Balaban J connectivity index is 1.59. The normalized spacial score (nSPS) is 35.9. The van der Waals surface area contributed by atoms with Crippen molar-refractivity contribution >= 4 is 6.03 Å². The molecule has 2 amide bonds. The first kappa shape index (κ1) is 13.7. The Morgan fingerprint density at radius 1 is 1.35 bits per heavy atom. The van der Waals surface area contributed by atoms with Gasteiger partial charge in [-0.05, 0) is 12.8 Å². The molecule has 4 nitrogen and oxygen atoms in total. The second-order valence-corrected chi connectivity index (χ2v) is 6.01. The minimum absolute atomic E-state index is 0.0289. The lowest BCUT2D eigenvalue weighted by atomic mass is 9.95. The number of amides is 2. The molecule has 112 valence electrons. The van der Waals surface area contributed by atoms with Gasteiger partial charge in [0.2, 0.25) is 0 Å². The predicted octanol–water partition coefficient (Wildman–Crippen LogP) is 1.50. The Hall–Kier alpha value is -1.24. The Labute approximate surface area is 115 Å². The van der Waals surface area contributed by atoms with E-state index in [1.165, 1.54) is 0 Å². The van der Waals surface area contributed by atoms with Gasteiger partial charge in [-0.2, -0.15) is 13.2 Å². The van der Waals surface area contributed by atoms with Crippen molar-refractivity contribution in [2.45, 2.75) is 19.0 Å². The van der Waals surface area contributed by atoms with Gasteiger partial charge in [0.1, 0.15) is 0 Å². The molecule has 3 rings (SSSR count). The lowest BCUT2D eigenvalue weighted by Gasteiger charge is -2.26. The molecule has 1 aliphatic carbocycles. The summed E-state index contributed by atoms with van der Waals surface area (Å²) in [4.78, 5) is 13.6. The number of nitrogens with one attached hydrogen (secondary N) is 2. The molecule has 0 unspecified atom stereocenters. The van der Waals surface area contributed by atoms with Crippen molar-refractivity contribution in [1.29, 1.82) is 0 Å². The number of hydrogen-bond donors (Lipinski definition) is 2. The van der Waals surface area contributed by atoms with E-state index in [1.54, 1.807) is 4.90 Å². The van der Waals surface area contributed by atoms with E-state index < -0.39 is 17.0 Å². The Morgan fingerprint density at radius 2 is 2.15 bits per heavy atom. The average molecular weight is 289 g/mol. The minimum Gasteiger partial charge on any atom is -0.337 e. The van der Waals surface area contributed by atoms with Crippen LogP contribution in [0.4, 0.5) is 18.0 Å². The van der Waals surface area contributed by atoms with Gasteiger partial charge >= 0.3 is 12.2 Å². The van der Waals surface area contributed by atoms with Gasteiger partial charge in [-0.1, -0.05) is 12.2 Å². The van der Waals surface area contributed by atoms with E-state index in [0.717, 1.165) is 6.42 Å². The van der Waals surface area contributed by atoms with Crippen molar-refractivity contribution in [3.05, 3.63) is 12.2 Å². The van der Waals surface area contributed by atoms with E-state index in [9.17, 15) is 18.0 Å². The van der Waals surface area contributed by atoms with Crippen molar-refractivity contribution in [2.75, 3.05) is 32.7 Å². The van der Waals surface area contributed by atoms with E-state index in [4.69, 9.17) is 0 Å². The quantitative estimate of drug-likeness (QED) is 0.757. The Morgan fingerprint density at radius 3 is 2.75 bits per heavy atom. The lowest BCUT2D eigenvalue weighted by Crippen LogP contribution is -2.45. The molecular formula is C13H18F3N3O. The zero-order valence-electron chi connectivity index (χ0n) is 11.1. The Kier molecular flexibility index (Phi) is 3.00. The van der Waals surface area contributed by atoms with Crippen molar-refractivity contribution in [3.63, 3.8) is 0 Å². The molecule has 2 fully saturated rings. The van der Waals surface area contributed by atoms with Crippen LogP contribution in [0.1, 0.15) is 12.8 Å². The van der Waals surface area contributed by atoms with Crippen LogP contribution in [0, 0.1) is 10.8 Å². The summed E-state index contributed by atoms with van der Waals surface area (Å²) in [6.07, 6.45) is 0.618. The molecule has 0 aromatic heterocycles. The van der Waals surface area contributed by atoms with Crippen LogP contribution in [-0.2, 0) is 0 Å². The highest BCUT2D eigenvalue weighted by Gasteiger charge is 2.81. The number of alkyl halides is 3. The standard InChI is InChI=1S/C13H18F3N3O/c14-13(15,16)12-6-11(12,7-17-9-12)8-18-10(20)19-4-2-1-3-5-19/h1-2,17H,3-9H2,(H,18,20)/t11-,12-/m0/s1. The third-order valence-electron chi connectivity index (χ3n) is 4.89. The fourth-order valence-corrected chi connectivity index (χ4v) is 3.51. The summed E-state index contributed by atoms with van der Waals surface area (Å²) in [7, 11) is 0. The average Bonchev–Trinajstić information content (AvgIpc) is 2.94. The smallest absolute Gasteiger partial charge is 0.337 e. The lowest BCUT2D eigenvalue weighted by molar-refractivity contribution is -0.190. The number of carbonyl (C=O) groups is 1. The highest BCUT2D eigenvalue weighted by atomic mass is 19.4. The molecule has 2 heterocycles. The second-order valence-electron chi connectivity index (χ2n) is 6.01. The number of carbonyl (C=O) groups excluding carboxylic acids is 1. The fourth-order valence-electron chi connectivity index (χ4n) is 3.51. The van der Waals surface area contributed by atoms with Gasteiger partial charge < -0.3 is 15.5 Å². The molecule has 3 aliphatic rings. The van der Waals surface area contributed by atoms with E-state index in [0.29, 0.717) is 19.6 Å². The second kappa shape index (κ2) is 4.38. The summed E-state index contributed by atoms with van der Waals surface area (Å²) in [6.45, 7) is 1.55. The molecule has 0 spiro atoms. The van der Waals surface area contributed by atoms with E-state index >= 15 is 0 Å². The van der Waals surface area contributed by atoms with Gasteiger partial charge in [-0.25, -0.2) is 4.79 Å². The van der Waals surface area contributed by atoms with Crippen LogP contribution in [-0.4, -0.2) is 49.8 Å². The summed E-state index contributed by atoms with van der Waals surface area (Å²) >= 11 is 0. The van der Waals surface area contributed by atoms with E-state index in [1.807, 2.05) is 12.2 Å². The molecule has 0 radical (unpaired) electrons. The first-order valence-electron chi connectivity index (χ1n) is 6.86. The van der Waals surface area contributed by atoms with Crippen LogP contribution in [0.25, 0.3) is 0 Å². The van der Waals surface area contributed by atoms with Crippen LogP contribution >= 0.6 is 0 Å². The van der Waals surface area contributed by atoms with Crippen LogP contribution < -0.4 is 10.6 Å². The third kappa shape index (κ3) is 1.90. The largest absolute Gasteiger partial charge is 0.396 e. The minimum atomic E-state index is -4.20. The van der Waals surface area contributed by atoms with Gasteiger partial charge in [0, 0.05) is 38.1 Å². The molecule has 2 aliphatic heterocycles. The van der Waals surface area contributed by atoms with Gasteiger partial charge in [0.15, 0.2) is 0 Å². The third-order valence-corrected chi connectivity index (χ3v) is 4.89. The summed E-state index contributed by atoms with van der Waals surface area (Å²) in [5.41, 5.74) is -2.47. The molecule has 20 heavy (non-hydrogen) atoms. The summed E-state index contributed by atoms with van der Waals surface area (Å²) in [5, 5.41) is 5.50. The molecule has 7 heteroatoms. The van der Waals surface area contributed by atoms with Crippen molar-refractivity contribution in [1.82, 2.24) is 15.5 Å². The van der Waals surface area contributed by atoms with Gasteiger partial charge in [-0.3, -0.25) is 0 Å². The van der Waals surface area contributed by atoms with Crippen molar-refractivity contribution in [2.24, 2.45) is 10.8 Å². The molecule has 2 atom stereocenters. The SMILES string of the molecule is O=C(NC[C@]12CNC[C@@]1(C(F)(F)F)C2)N1CC=CCC1. The number of piperidine rings is 1. The molecular weight excluding hydrogens is 271 g/mol. The highest BCUT2D eigenvalue weighted by Crippen LogP contribution is 2.72. The Bertz CT molecular complexity index is 451.